The summed E-state index contributed by atoms with van der Waals surface area (Å²) in [7, 11) is 1.88. The maximum atomic E-state index is 5.57. The maximum absolute atomic E-state index is 5.57. The van der Waals surface area contributed by atoms with Crippen LogP contribution in [0.5, 0.6) is 0 Å². The van der Waals surface area contributed by atoms with Crippen molar-refractivity contribution in [3.8, 4) is 0 Å². The topological polar surface area (TPSA) is 48.9 Å². The first-order valence-electron chi connectivity index (χ1n) is 10.1. The standard InChI is InChI=1S/C19H38N4OS.HI/c1-4-6-11-23-12-7-17(8-13-23)22-18(20-3)21-16-19(25-5-2)9-14-24-15-10-19;/h17H,4-16H2,1-3H3,(H2,20,21,22);1H. The fourth-order valence-electron chi connectivity index (χ4n) is 3.74. The van der Waals surface area contributed by atoms with Crippen LogP contribution in [0.15, 0.2) is 4.99 Å². The molecule has 5 nitrogen and oxygen atoms in total. The number of guanidine groups is 1. The van der Waals surface area contributed by atoms with Crippen molar-refractivity contribution in [1.29, 1.82) is 0 Å². The van der Waals surface area contributed by atoms with Crippen LogP contribution in [-0.4, -0.2) is 73.8 Å². The number of unbranched alkanes of at least 4 members (excludes halogenated alkanes) is 1. The Bertz CT molecular complexity index is 391. The summed E-state index contributed by atoms with van der Waals surface area (Å²) in [6.45, 7) is 10.9. The molecule has 2 fully saturated rings. The lowest BCUT2D eigenvalue weighted by atomic mass is 9.99. The molecule has 0 amide bonds. The molecule has 2 aliphatic heterocycles. The summed E-state index contributed by atoms with van der Waals surface area (Å²) in [6.07, 6.45) is 7.30. The van der Waals surface area contributed by atoms with Crippen LogP contribution in [0.2, 0.25) is 0 Å². The number of ether oxygens (including phenoxy) is 1. The van der Waals surface area contributed by atoms with E-state index in [4.69, 9.17) is 4.74 Å². The first-order chi connectivity index (χ1) is 12.2. The van der Waals surface area contributed by atoms with Crippen molar-refractivity contribution in [3.63, 3.8) is 0 Å². The Hall–Kier alpha value is 0.270. The molecule has 0 aromatic carbocycles. The molecule has 7 heteroatoms. The van der Waals surface area contributed by atoms with Gasteiger partial charge in [-0.1, -0.05) is 20.3 Å². The van der Waals surface area contributed by atoms with Crippen molar-refractivity contribution in [2.45, 2.75) is 63.2 Å². The first kappa shape index (κ1) is 24.3. The number of nitrogens with one attached hydrogen (secondary N) is 2. The minimum Gasteiger partial charge on any atom is -0.381 e. The number of nitrogens with zero attached hydrogens (tertiary/aromatic N) is 2. The molecule has 0 radical (unpaired) electrons. The number of thioether (sulfide) groups is 1. The number of rotatable bonds is 8. The minimum absolute atomic E-state index is 0. The van der Waals surface area contributed by atoms with Crippen LogP contribution in [-0.2, 0) is 4.74 Å². The molecular weight excluding hydrogens is 459 g/mol. The van der Waals surface area contributed by atoms with E-state index in [2.05, 4.69) is 46.1 Å². The van der Waals surface area contributed by atoms with Crippen LogP contribution in [0.3, 0.4) is 0 Å². The van der Waals surface area contributed by atoms with Gasteiger partial charge in [-0.2, -0.15) is 11.8 Å². The van der Waals surface area contributed by atoms with Crippen LogP contribution in [0.4, 0.5) is 0 Å². The number of hydrogen-bond donors (Lipinski definition) is 2. The summed E-state index contributed by atoms with van der Waals surface area (Å²) >= 11 is 2.07. The highest BCUT2D eigenvalue weighted by Gasteiger charge is 2.33. The van der Waals surface area contributed by atoms with Gasteiger partial charge in [0.1, 0.15) is 0 Å². The minimum atomic E-state index is 0. The van der Waals surface area contributed by atoms with Crippen LogP contribution in [0.1, 0.15) is 52.4 Å². The van der Waals surface area contributed by atoms with E-state index in [-0.39, 0.29) is 24.0 Å². The Morgan fingerprint density at radius 3 is 2.50 bits per heavy atom. The van der Waals surface area contributed by atoms with Gasteiger partial charge in [0.15, 0.2) is 5.96 Å². The Balaban J connectivity index is 0.00000338. The molecule has 26 heavy (non-hydrogen) atoms. The third-order valence-corrected chi connectivity index (χ3v) is 6.87. The third-order valence-electron chi connectivity index (χ3n) is 5.41. The smallest absolute Gasteiger partial charge is 0.191 e. The fourth-order valence-corrected chi connectivity index (χ4v) is 4.98. The molecule has 0 aromatic rings. The lowest BCUT2D eigenvalue weighted by molar-refractivity contribution is 0.0781. The Kier molecular flexibility index (Phi) is 12.6. The van der Waals surface area contributed by atoms with Crippen LogP contribution >= 0.6 is 35.7 Å². The molecule has 0 aromatic heterocycles. The summed E-state index contributed by atoms with van der Waals surface area (Å²) in [5, 5.41) is 7.26. The van der Waals surface area contributed by atoms with Crippen molar-refractivity contribution in [3.05, 3.63) is 0 Å². The fraction of sp³-hybridized carbons (Fsp3) is 0.947. The average Bonchev–Trinajstić information content (AvgIpc) is 2.65. The molecule has 0 unspecified atom stereocenters. The number of likely N-dealkylation sites (tertiary alicyclic amines) is 1. The van der Waals surface area contributed by atoms with Gasteiger partial charge in [-0.05, 0) is 44.4 Å². The zero-order valence-corrected chi connectivity index (χ0v) is 20.0. The highest BCUT2D eigenvalue weighted by atomic mass is 127. The highest BCUT2D eigenvalue weighted by molar-refractivity contribution is 14.0. The van der Waals surface area contributed by atoms with E-state index < -0.39 is 0 Å². The Morgan fingerprint density at radius 2 is 1.92 bits per heavy atom. The molecule has 0 atom stereocenters. The zero-order chi connectivity index (χ0) is 18.0. The van der Waals surface area contributed by atoms with E-state index in [0.717, 1.165) is 44.3 Å². The number of piperidine rings is 1. The van der Waals surface area contributed by atoms with Gasteiger partial charge in [-0.15, -0.1) is 24.0 Å². The second-order valence-corrected chi connectivity index (χ2v) is 9.00. The third kappa shape index (κ3) is 8.10. The lowest BCUT2D eigenvalue weighted by Crippen LogP contribution is -2.52. The van der Waals surface area contributed by atoms with Gasteiger partial charge in [0, 0.05) is 50.7 Å². The van der Waals surface area contributed by atoms with Gasteiger partial charge in [-0.3, -0.25) is 4.99 Å². The Labute approximate surface area is 181 Å². The first-order valence-corrected chi connectivity index (χ1v) is 11.1. The SMILES string of the molecule is CCCCN1CCC(NC(=NC)NCC2(SCC)CCOCC2)CC1.I. The van der Waals surface area contributed by atoms with Crippen LogP contribution in [0, 0.1) is 0 Å². The molecule has 0 aliphatic carbocycles. The molecule has 2 N–H and O–H groups in total. The van der Waals surface area contributed by atoms with Gasteiger partial charge in [0.05, 0.1) is 0 Å². The predicted octanol–water partition coefficient (Wildman–Crippen LogP) is 3.34. The van der Waals surface area contributed by atoms with Crippen LogP contribution < -0.4 is 10.6 Å². The Morgan fingerprint density at radius 1 is 1.23 bits per heavy atom. The van der Waals surface area contributed by atoms with Crippen molar-refractivity contribution >= 4 is 41.7 Å². The van der Waals surface area contributed by atoms with Crippen molar-refractivity contribution < 1.29 is 4.74 Å². The summed E-state index contributed by atoms with van der Waals surface area (Å²) in [6, 6.07) is 0.550. The number of hydrogen-bond acceptors (Lipinski definition) is 4. The number of halogens is 1. The molecule has 2 aliphatic rings. The second kappa shape index (κ2) is 13.4. The highest BCUT2D eigenvalue weighted by Crippen LogP contribution is 2.34. The molecule has 2 saturated heterocycles. The van der Waals surface area contributed by atoms with Gasteiger partial charge < -0.3 is 20.3 Å². The molecule has 154 valence electrons. The van der Waals surface area contributed by atoms with Crippen molar-refractivity contribution in [2.75, 3.05) is 52.2 Å². The van der Waals surface area contributed by atoms with Gasteiger partial charge in [0.2, 0.25) is 0 Å². The zero-order valence-electron chi connectivity index (χ0n) is 16.9. The molecular formula is C19H39IN4OS. The summed E-state index contributed by atoms with van der Waals surface area (Å²) in [5.41, 5.74) is 0. The van der Waals surface area contributed by atoms with Gasteiger partial charge >= 0.3 is 0 Å². The summed E-state index contributed by atoms with van der Waals surface area (Å²) in [4.78, 5) is 7.07. The molecule has 2 heterocycles. The molecule has 2 rings (SSSR count). The average molecular weight is 499 g/mol. The van der Waals surface area contributed by atoms with Crippen molar-refractivity contribution in [2.24, 2.45) is 4.99 Å². The van der Waals surface area contributed by atoms with E-state index >= 15 is 0 Å². The molecule has 0 saturated carbocycles. The normalized spacial score (nSPS) is 21.9. The monoisotopic (exact) mass is 498 g/mol. The summed E-state index contributed by atoms with van der Waals surface area (Å²) in [5.74, 6) is 2.12. The quantitative estimate of drug-likeness (QED) is 0.306. The summed E-state index contributed by atoms with van der Waals surface area (Å²) < 4.78 is 5.87. The van der Waals surface area contributed by atoms with Gasteiger partial charge in [0.25, 0.3) is 0 Å². The molecule has 0 bridgehead atoms. The molecule has 0 spiro atoms. The van der Waals surface area contributed by atoms with E-state index in [1.165, 1.54) is 45.3 Å². The van der Waals surface area contributed by atoms with Crippen molar-refractivity contribution in [1.82, 2.24) is 15.5 Å². The van der Waals surface area contributed by atoms with Gasteiger partial charge in [-0.25, -0.2) is 0 Å². The maximum Gasteiger partial charge on any atom is 0.191 e. The van der Waals surface area contributed by atoms with E-state index in [0.29, 0.717) is 10.8 Å². The van der Waals surface area contributed by atoms with E-state index in [9.17, 15) is 0 Å². The van der Waals surface area contributed by atoms with Crippen LogP contribution in [0.25, 0.3) is 0 Å². The lowest BCUT2D eigenvalue weighted by Gasteiger charge is -2.37. The van der Waals surface area contributed by atoms with E-state index in [1.807, 2.05) is 7.05 Å². The number of aliphatic imine (C=N–C) groups is 1. The largest absolute Gasteiger partial charge is 0.381 e. The van der Waals surface area contributed by atoms with E-state index in [1.54, 1.807) is 0 Å². The predicted molar refractivity (Wildman–Crippen MR) is 125 cm³/mol. The second-order valence-electron chi connectivity index (χ2n) is 7.27.